The van der Waals surface area contributed by atoms with Crippen molar-refractivity contribution in [2.45, 2.75) is 31.7 Å². The molecule has 0 aliphatic carbocycles. The fourth-order valence-electron chi connectivity index (χ4n) is 2.39. The number of benzene rings is 1. The normalized spacial score (nSPS) is 23.2. The lowest BCUT2D eigenvalue weighted by Crippen LogP contribution is -2.44. The second kappa shape index (κ2) is 7.12. The van der Waals surface area contributed by atoms with Crippen LogP contribution in [0.4, 0.5) is 4.39 Å². The number of thioether (sulfide) groups is 1. The molecule has 2 rings (SSSR count). The van der Waals surface area contributed by atoms with Crippen LogP contribution in [0.3, 0.4) is 0 Å². The van der Waals surface area contributed by atoms with E-state index >= 15 is 0 Å². The molecule has 0 spiro atoms. The van der Waals surface area contributed by atoms with E-state index in [1.165, 1.54) is 12.1 Å². The third-order valence-electron chi connectivity index (χ3n) is 3.79. The average molecular weight is 292 g/mol. The first-order valence-corrected chi connectivity index (χ1v) is 7.99. The molecular weight excluding hydrogens is 271 g/mol. The number of hydrogen-bond acceptors (Lipinski definition) is 3. The number of halogens is 1. The molecule has 1 aliphatic rings. The molecule has 108 valence electrons. The van der Waals surface area contributed by atoms with Crippen LogP contribution in [0.5, 0.6) is 0 Å². The van der Waals surface area contributed by atoms with Gasteiger partial charge in [-0.25, -0.2) is 4.39 Å². The number of nitrogens with zero attached hydrogens (tertiary/aromatic N) is 1. The Labute approximate surface area is 124 Å². The van der Waals surface area contributed by atoms with Gasteiger partial charge in [-0.1, -0.05) is 24.8 Å². The lowest BCUT2D eigenvalue weighted by molar-refractivity contribution is 0.204. The molecule has 1 fully saturated rings. The predicted molar refractivity (Wildman–Crippen MR) is 84.1 cm³/mol. The molecule has 1 aromatic carbocycles. The molecule has 2 atom stereocenters. The van der Waals surface area contributed by atoms with Gasteiger partial charge in [-0.2, -0.15) is 11.8 Å². The van der Waals surface area contributed by atoms with Crippen molar-refractivity contribution >= 4 is 11.8 Å². The Morgan fingerprint density at radius 2 is 2.25 bits per heavy atom. The summed E-state index contributed by atoms with van der Waals surface area (Å²) >= 11 is 2.01. The summed E-state index contributed by atoms with van der Waals surface area (Å²) in [7, 11) is 0. The molecule has 1 aromatic rings. The van der Waals surface area contributed by atoms with Gasteiger partial charge in [0, 0.05) is 35.7 Å². The summed E-state index contributed by atoms with van der Waals surface area (Å²) in [6.45, 7) is 6.70. The van der Waals surface area contributed by atoms with Crippen LogP contribution in [-0.4, -0.2) is 35.0 Å². The Morgan fingerprint density at radius 1 is 1.45 bits per heavy atom. The minimum Gasteiger partial charge on any atom is -0.320 e. The van der Waals surface area contributed by atoms with Crippen LogP contribution in [0.15, 0.2) is 18.2 Å². The topological polar surface area (TPSA) is 29.3 Å². The molecule has 2 N–H and O–H groups in total. The molecule has 2 nitrogen and oxygen atoms in total. The van der Waals surface area contributed by atoms with Gasteiger partial charge in [-0.15, -0.1) is 0 Å². The quantitative estimate of drug-likeness (QED) is 0.849. The average Bonchev–Trinajstić information content (AvgIpc) is 2.44. The Morgan fingerprint density at radius 3 is 3.00 bits per heavy atom. The maximum absolute atomic E-state index is 13.4. The van der Waals surface area contributed by atoms with Gasteiger partial charge in [0.05, 0.1) is 6.54 Å². The van der Waals surface area contributed by atoms with Crippen LogP contribution in [-0.2, 0) is 6.54 Å². The van der Waals surface area contributed by atoms with Gasteiger partial charge in [0.25, 0.3) is 0 Å². The Kier molecular flexibility index (Phi) is 5.47. The Balaban J connectivity index is 2.20. The van der Waals surface area contributed by atoms with E-state index in [0.29, 0.717) is 17.8 Å². The third kappa shape index (κ3) is 3.76. The van der Waals surface area contributed by atoms with Crippen molar-refractivity contribution in [3.63, 3.8) is 0 Å². The van der Waals surface area contributed by atoms with Crippen molar-refractivity contribution in [2.24, 2.45) is 5.73 Å². The Bertz CT molecular complexity index is 521. The van der Waals surface area contributed by atoms with E-state index < -0.39 is 0 Å². The highest BCUT2D eigenvalue weighted by Gasteiger charge is 2.25. The summed E-state index contributed by atoms with van der Waals surface area (Å²) in [6, 6.07) is 5.38. The summed E-state index contributed by atoms with van der Waals surface area (Å²) in [4.78, 5) is 2.45. The van der Waals surface area contributed by atoms with Crippen LogP contribution in [0.25, 0.3) is 0 Å². The second-order valence-electron chi connectivity index (χ2n) is 5.09. The SMILES string of the molecule is CC1SCCN(Cc2ccc(F)cc2C#CCN)C1C. The first-order chi connectivity index (χ1) is 9.61. The summed E-state index contributed by atoms with van der Waals surface area (Å²) in [6.07, 6.45) is 0. The van der Waals surface area contributed by atoms with E-state index in [0.717, 1.165) is 30.0 Å². The highest BCUT2D eigenvalue weighted by Crippen LogP contribution is 2.26. The van der Waals surface area contributed by atoms with Crippen LogP contribution < -0.4 is 5.73 Å². The summed E-state index contributed by atoms with van der Waals surface area (Å²) in [5, 5.41) is 0.628. The molecule has 0 aromatic heterocycles. The zero-order chi connectivity index (χ0) is 14.5. The second-order valence-corrected chi connectivity index (χ2v) is 6.58. The van der Waals surface area contributed by atoms with E-state index in [-0.39, 0.29) is 5.82 Å². The monoisotopic (exact) mass is 292 g/mol. The molecule has 1 aliphatic heterocycles. The van der Waals surface area contributed by atoms with Crippen molar-refractivity contribution < 1.29 is 4.39 Å². The smallest absolute Gasteiger partial charge is 0.124 e. The van der Waals surface area contributed by atoms with Crippen LogP contribution in [0, 0.1) is 17.7 Å². The molecule has 2 unspecified atom stereocenters. The lowest BCUT2D eigenvalue weighted by atomic mass is 10.1. The zero-order valence-electron chi connectivity index (χ0n) is 12.0. The van der Waals surface area contributed by atoms with Gasteiger partial charge in [-0.05, 0) is 24.6 Å². The molecule has 20 heavy (non-hydrogen) atoms. The van der Waals surface area contributed by atoms with Crippen LogP contribution in [0.1, 0.15) is 25.0 Å². The molecule has 0 radical (unpaired) electrons. The maximum Gasteiger partial charge on any atom is 0.124 e. The largest absolute Gasteiger partial charge is 0.320 e. The van der Waals surface area contributed by atoms with Crippen LogP contribution >= 0.6 is 11.8 Å². The molecule has 0 amide bonds. The van der Waals surface area contributed by atoms with Crippen molar-refractivity contribution in [1.82, 2.24) is 4.90 Å². The van der Waals surface area contributed by atoms with Gasteiger partial charge >= 0.3 is 0 Å². The maximum atomic E-state index is 13.4. The van der Waals surface area contributed by atoms with E-state index in [1.807, 2.05) is 17.8 Å². The van der Waals surface area contributed by atoms with E-state index in [2.05, 4.69) is 30.6 Å². The van der Waals surface area contributed by atoms with Gasteiger partial charge in [0.2, 0.25) is 0 Å². The predicted octanol–water partition coefficient (Wildman–Crippen LogP) is 2.46. The first kappa shape index (κ1) is 15.4. The van der Waals surface area contributed by atoms with Crippen LogP contribution in [0.2, 0.25) is 0 Å². The molecular formula is C16H21FN2S. The van der Waals surface area contributed by atoms with E-state index in [1.54, 1.807) is 0 Å². The molecule has 0 saturated carbocycles. The lowest BCUT2D eigenvalue weighted by Gasteiger charge is -2.37. The van der Waals surface area contributed by atoms with Gasteiger partial charge in [0.15, 0.2) is 0 Å². The van der Waals surface area contributed by atoms with Crippen molar-refractivity contribution in [3.8, 4) is 11.8 Å². The highest BCUT2D eigenvalue weighted by atomic mass is 32.2. The number of rotatable bonds is 2. The van der Waals surface area contributed by atoms with Crippen molar-refractivity contribution in [1.29, 1.82) is 0 Å². The first-order valence-electron chi connectivity index (χ1n) is 6.95. The van der Waals surface area contributed by atoms with E-state index in [4.69, 9.17) is 5.73 Å². The van der Waals surface area contributed by atoms with E-state index in [9.17, 15) is 4.39 Å². The van der Waals surface area contributed by atoms with Gasteiger partial charge in [-0.3, -0.25) is 4.90 Å². The minimum absolute atomic E-state index is 0.245. The standard InChI is InChI=1S/C16H21FN2S/c1-12-13(2)20-9-8-19(12)11-15-5-6-16(17)10-14(15)4-3-7-18/h5-6,10,12-13H,7-9,11,18H2,1-2H3. The zero-order valence-corrected chi connectivity index (χ0v) is 12.8. The molecule has 0 bridgehead atoms. The van der Waals surface area contributed by atoms with Gasteiger partial charge < -0.3 is 5.73 Å². The Hall–Kier alpha value is -1.02. The highest BCUT2D eigenvalue weighted by molar-refractivity contribution is 8.00. The minimum atomic E-state index is -0.245. The number of hydrogen-bond donors (Lipinski definition) is 1. The molecule has 1 saturated heterocycles. The summed E-state index contributed by atoms with van der Waals surface area (Å²) < 4.78 is 13.4. The summed E-state index contributed by atoms with van der Waals surface area (Å²) in [5.74, 6) is 6.70. The molecule has 1 heterocycles. The fraction of sp³-hybridized carbons (Fsp3) is 0.500. The van der Waals surface area contributed by atoms with Crippen molar-refractivity contribution in [2.75, 3.05) is 18.8 Å². The third-order valence-corrected chi connectivity index (χ3v) is 5.12. The number of nitrogens with two attached hydrogens (primary N) is 1. The fourth-order valence-corrected chi connectivity index (χ4v) is 3.55. The van der Waals surface area contributed by atoms with Crippen molar-refractivity contribution in [3.05, 3.63) is 35.1 Å². The summed E-state index contributed by atoms with van der Waals surface area (Å²) in [5.41, 5.74) is 7.25. The van der Waals surface area contributed by atoms with Gasteiger partial charge in [0.1, 0.15) is 5.82 Å². The molecule has 4 heteroatoms.